The second-order valence-electron chi connectivity index (χ2n) is 4.51. The summed E-state index contributed by atoms with van der Waals surface area (Å²) < 4.78 is 0. The van der Waals surface area contributed by atoms with Gasteiger partial charge < -0.3 is 5.32 Å². The summed E-state index contributed by atoms with van der Waals surface area (Å²) in [6.45, 7) is 5.15. The maximum absolute atomic E-state index is 3.49. The summed E-state index contributed by atoms with van der Waals surface area (Å²) in [6.07, 6.45) is 1.18. The topological polar surface area (TPSA) is 24.1 Å². The van der Waals surface area contributed by atoms with Crippen molar-refractivity contribution >= 4 is 0 Å². The Morgan fingerprint density at radius 1 is 1.38 bits per heavy atom. The zero-order chi connectivity index (χ0) is 11.3. The van der Waals surface area contributed by atoms with Crippen LogP contribution in [-0.2, 0) is 0 Å². The molecule has 2 rings (SSSR count). The Labute approximate surface area is 97.4 Å². The summed E-state index contributed by atoms with van der Waals surface area (Å²) in [5, 5.41) is 6.85. The summed E-state index contributed by atoms with van der Waals surface area (Å²) >= 11 is 0. The van der Waals surface area contributed by atoms with Crippen LogP contribution in [-0.4, -0.2) is 25.2 Å². The maximum atomic E-state index is 3.49. The van der Waals surface area contributed by atoms with Crippen molar-refractivity contribution in [3.8, 4) is 11.8 Å². The lowest BCUT2D eigenvalue weighted by Crippen LogP contribution is -2.44. The quantitative estimate of drug-likeness (QED) is 0.727. The Bertz CT molecular complexity index is 380. The lowest BCUT2D eigenvalue weighted by atomic mass is 10.0. The highest BCUT2D eigenvalue weighted by molar-refractivity contribution is 5.33. The highest BCUT2D eigenvalue weighted by atomic mass is 15.1. The number of benzene rings is 1. The van der Waals surface area contributed by atoms with E-state index in [1.807, 2.05) is 30.3 Å². The first kappa shape index (κ1) is 11.2. The second-order valence-corrected chi connectivity index (χ2v) is 4.51. The molecule has 0 saturated carbocycles. The van der Waals surface area contributed by atoms with Crippen LogP contribution in [0.1, 0.15) is 18.9 Å². The minimum Gasteiger partial charge on any atom is -0.315 e. The summed E-state index contributed by atoms with van der Waals surface area (Å²) in [4.78, 5) is 0. The van der Waals surface area contributed by atoms with Crippen molar-refractivity contribution in [1.29, 1.82) is 0 Å². The molecule has 1 unspecified atom stereocenters. The van der Waals surface area contributed by atoms with Gasteiger partial charge in [-0.15, -0.1) is 0 Å². The molecule has 1 saturated heterocycles. The van der Waals surface area contributed by atoms with Crippen LogP contribution in [0.5, 0.6) is 0 Å². The molecule has 1 aliphatic heterocycles. The third kappa shape index (κ3) is 3.10. The van der Waals surface area contributed by atoms with E-state index in [4.69, 9.17) is 0 Å². The molecule has 2 heteroatoms. The fourth-order valence-corrected chi connectivity index (χ4v) is 1.89. The molecule has 2 N–H and O–H groups in total. The molecule has 1 aromatic carbocycles. The third-order valence-corrected chi connectivity index (χ3v) is 2.98. The van der Waals surface area contributed by atoms with E-state index in [2.05, 4.69) is 29.4 Å². The standard InChI is InChI=1S/C14H18N2/c1-14(9-11-15-12-14)16-10-5-8-13-6-3-2-4-7-13/h2-4,6-7,15-16H,9-12H2,1H3. The van der Waals surface area contributed by atoms with Gasteiger partial charge >= 0.3 is 0 Å². The van der Waals surface area contributed by atoms with Gasteiger partial charge in [-0.1, -0.05) is 30.0 Å². The minimum absolute atomic E-state index is 0.228. The van der Waals surface area contributed by atoms with Crippen LogP contribution in [0, 0.1) is 11.8 Å². The van der Waals surface area contributed by atoms with E-state index in [0.717, 1.165) is 25.2 Å². The number of hydrogen-bond acceptors (Lipinski definition) is 2. The van der Waals surface area contributed by atoms with E-state index in [-0.39, 0.29) is 5.54 Å². The molecule has 0 aliphatic carbocycles. The molecule has 16 heavy (non-hydrogen) atoms. The van der Waals surface area contributed by atoms with E-state index < -0.39 is 0 Å². The largest absolute Gasteiger partial charge is 0.315 e. The summed E-state index contributed by atoms with van der Waals surface area (Å²) in [7, 11) is 0. The molecule has 1 heterocycles. The summed E-state index contributed by atoms with van der Waals surface area (Å²) in [5.74, 6) is 6.32. The van der Waals surface area contributed by atoms with E-state index in [1.54, 1.807) is 0 Å². The van der Waals surface area contributed by atoms with Crippen LogP contribution < -0.4 is 10.6 Å². The normalized spacial score (nSPS) is 23.8. The van der Waals surface area contributed by atoms with Gasteiger partial charge in [0.05, 0.1) is 6.54 Å². The van der Waals surface area contributed by atoms with Crippen LogP contribution in [0.2, 0.25) is 0 Å². The molecule has 1 fully saturated rings. The Morgan fingerprint density at radius 3 is 2.88 bits per heavy atom. The van der Waals surface area contributed by atoms with Gasteiger partial charge in [-0.2, -0.15) is 0 Å². The molecule has 1 atom stereocenters. The van der Waals surface area contributed by atoms with Crippen molar-refractivity contribution in [1.82, 2.24) is 10.6 Å². The molecule has 1 aliphatic rings. The zero-order valence-corrected chi connectivity index (χ0v) is 9.72. The van der Waals surface area contributed by atoms with E-state index >= 15 is 0 Å². The van der Waals surface area contributed by atoms with Crippen molar-refractivity contribution in [3.63, 3.8) is 0 Å². The number of nitrogens with one attached hydrogen (secondary N) is 2. The molecule has 84 valence electrons. The highest BCUT2D eigenvalue weighted by Crippen LogP contribution is 2.12. The van der Waals surface area contributed by atoms with E-state index in [1.165, 1.54) is 6.42 Å². The van der Waals surface area contributed by atoms with Crippen LogP contribution in [0.15, 0.2) is 30.3 Å². The minimum atomic E-state index is 0.228. The lowest BCUT2D eigenvalue weighted by molar-refractivity contribution is 0.409. The van der Waals surface area contributed by atoms with E-state index in [0.29, 0.717) is 0 Å². The number of hydrogen-bond donors (Lipinski definition) is 2. The predicted octanol–water partition coefficient (Wildman–Crippen LogP) is 1.38. The van der Waals surface area contributed by atoms with Crippen molar-refractivity contribution in [2.75, 3.05) is 19.6 Å². The van der Waals surface area contributed by atoms with Gasteiger partial charge in [0.25, 0.3) is 0 Å². The molecule has 0 radical (unpaired) electrons. The average Bonchev–Trinajstić information content (AvgIpc) is 2.74. The van der Waals surface area contributed by atoms with Gasteiger partial charge in [0.1, 0.15) is 0 Å². The molecule has 0 aromatic heterocycles. The first-order valence-corrected chi connectivity index (χ1v) is 5.78. The molecule has 0 bridgehead atoms. The van der Waals surface area contributed by atoms with Crippen molar-refractivity contribution in [2.24, 2.45) is 0 Å². The van der Waals surface area contributed by atoms with Crippen molar-refractivity contribution in [3.05, 3.63) is 35.9 Å². The molecule has 2 nitrogen and oxygen atoms in total. The number of rotatable bonds is 2. The van der Waals surface area contributed by atoms with Gasteiger partial charge in [0.2, 0.25) is 0 Å². The van der Waals surface area contributed by atoms with E-state index in [9.17, 15) is 0 Å². The third-order valence-electron chi connectivity index (χ3n) is 2.98. The maximum Gasteiger partial charge on any atom is 0.0584 e. The molecule has 0 amide bonds. The summed E-state index contributed by atoms with van der Waals surface area (Å²) in [6, 6.07) is 10.1. The Kier molecular flexibility index (Phi) is 3.61. The van der Waals surface area contributed by atoms with Crippen LogP contribution in [0.4, 0.5) is 0 Å². The highest BCUT2D eigenvalue weighted by Gasteiger charge is 2.26. The Balaban J connectivity index is 1.82. The zero-order valence-electron chi connectivity index (χ0n) is 9.72. The second kappa shape index (κ2) is 5.16. The summed E-state index contributed by atoms with van der Waals surface area (Å²) in [5.41, 5.74) is 1.31. The Hall–Kier alpha value is -1.30. The van der Waals surface area contributed by atoms with Crippen LogP contribution in [0.3, 0.4) is 0 Å². The molecular weight excluding hydrogens is 196 g/mol. The van der Waals surface area contributed by atoms with Gasteiger partial charge in [-0.25, -0.2) is 0 Å². The van der Waals surface area contributed by atoms with Gasteiger partial charge in [-0.3, -0.25) is 5.32 Å². The molecule has 1 aromatic rings. The van der Waals surface area contributed by atoms with Gasteiger partial charge in [0, 0.05) is 17.6 Å². The molecular formula is C14H18N2. The smallest absolute Gasteiger partial charge is 0.0584 e. The monoisotopic (exact) mass is 214 g/mol. The molecule has 0 spiro atoms. The predicted molar refractivity (Wildman–Crippen MR) is 67.2 cm³/mol. The lowest BCUT2D eigenvalue weighted by Gasteiger charge is -2.22. The van der Waals surface area contributed by atoms with Crippen LogP contribution in [0.25, 0.3) is 0 Å². The first-order valence-electron chi connectivity index (χ1n) is 5.78. The fourth-order valence-electron chi connectivity index (χ4n) is 1.89. The van der Waals surface area contributed by atoms with Gasteiger partial charge in [0.15, 0.2) is 0 Å². The first-order chi connectivity index (χ1) is 7.79. The van der Waals surface area contributed by atoms with Crippen molar-refractivity contribution < 1.29 is 0 Å². The Morgan fingerprint density at radius 2 is 2.19 bits per heavy atom. The average molecular weight is 214 g/mol. The van der Waals surface area contributed by atoms with Gasteiger partial charge in [-0.05, 0) is 32.0 Å². The van der Waals surface area contributed by atoms with Crippen molar-refractivity contribution in [2.45, 2.75) is 18.9 Å². The fraction of sp³-hybridized carbons (Fsp3) is 0.429. The SMILES string of the molecule is CC1(NCC#Cc2ccccc2)CCNC1. The van der Waals surface area contributed by atoms with Crippen LogP contribution >= 0.6 is 0 Å².